The van der Waals surface area contributed by atoms with E-state index in [9.17, 15) is 4.79 Å². The molecular weight excluding hydrogens is 226 g/mol. The van der Waals surface area contributed by atoms with Crippen molar-refractivity contribution in [2.24, 2.45) is 5.92 Å². The zero-order chi connectivity index (χ0) is 13.1. The predicted octanol–water partition coefficient (Wildman–Crippen LogP) is 2.19. The van der Waals surface area contributed by atoms with E-state index in [4.69, 9.17) is 0 Å². The number of carbonyl (C=O) groups is 1. The van der Waals surface area contributed by atoms with Crippen molar-refractivity contribution >= 4 is 16.9 Å². The van der Waals surface area contributed by atoms with Crippen molar-refractivity contribution in [1.29, 1.82) is 0 Å². The van der Waals surface area contributed by atoms with Gasteiger partial charge in [0.25, 0.3) is 0 Å². The molecule has 1 aromatic carbocycles. The van der Waals surface area contributed by atoms with Crippen molar-refractivity contribution in [2.75, 3.05) is 6.54 Å². The minimum absolute atomic E-state index is 0.0442. The average Bonchev–Trinajstić information content (AvgIpc) is 2.68. The van der Waals surface area contributed by atoms with Crippen LogP contribution in [-0.2, 0) is 11.2 Å². The van der Waals surface area contributed by atoms with Crippen molar-refractivity contribution in [3.05, 3.63) is 29.6 Å². The van der Waals surface area contributed by atoms with E-state index in [0.29, 0.717) is 6.54 Å². The fraction of sp³-hybridized carbons (Fsp3) is 0.429. The molecule has 0 saturated heterocycles. The Hall–Kier alpha value is -1.84. The van der Waals surface area contributed by atoms with Crippen LogP contribution in [0.3, 0.4) is 0 Å². The molecule has 0 aliphatic rings. The van der Waals surface area contributed by atoms with Crippen LogP contribution in [0, 0.1) is 12.8 Å². The normalized spacial score (nSPS) is 11.1. The molecule has 4 nitrogen and oxygen atoms in total. The number of hydrogen-bond acceptors (Lipinski definition) is 2. The standard InChI is InChI=1S/C14H19N3O/c1-9(2)14(18)15-7-6-11-4-5-12-13(8-11)17-10(3)16-12/h4-5,8-9H,6-7H2,1-3H3,(H,15,18)(H,16,17). The Morgan fingerprint density at radius 3 is 2.94 bits per heavy atom. The Labute approximate surface area is 107 Å². The van der Waals surface area contributed by atoms with Gasteiger partial charge in [0.1, 0.15) is 5.82 Å². The summed E-state index contributed by atoms with van der Waals surface area (Å²) in [4.78, 5) is 19.0. The Morgan fingerprint density at radius 1 is 1.44 bits per heavy atom. The number of rotatable bonds is 4. The number of imidazole rings is 1. The molecule has 1 heterocycles. The number of carbonyl (C=O) groups excluding carboxylic acids is 1. The van der Waals surface area contributed by atoms with E-state index >= 15 is 0 Å². The number of benzene rings is 1. The molecular formula is C14H19N3O. The van der Waals surface area contributed by atoms with Gasteiger partial charge in [-0.1, -0.05) is 19.9 Å². The molecule has 0 saturated carbocycles. The van der Waals surface area contributed by atoms with Gasteiger partial charge in [-0.15, -0.1) is 0 Å². The first-order chi connectivity index (χ1) is 8.56. The summed E-state index contributed by atoms with van der Waals surface area (Å²) < 4.78 is 0. The van der Waals surface area contributed by atoms with Gasteiger partial charge < -0.3 is 10.3 Å². The smallest absolute Gasteiger partial charge is 0.222 e. The molecule has 0 aliphatic heterocycles. The van der Waals surface area contributed by atoms with E-state index < -0.39 is 0 Å². The third-order valence-corrected chi connectivity index (χ3v) is 2.90. The predicted molar refractivity (Wildman–Crippen MR) is 72.4 cm³/mol. The van der Waals surface area contributed by atoms with Crippen LogP contribution in [0.25, 0.3) is 11.0 Å². The maximum atomic E-state index is 11.4. The number of nitrogens with one attached hydrogen (secondary N) is 2. The molecule has 1 aromatic heterocycles. The highest BCUT2D eigenvalue weighted by atomic mass is 16.1. The first kappa shape index (κ1) is 12.6. The molecule has 96 valence electrons. The van der Waals surface area contributed by atoms with Crippen LogP contribution < -0.4 is 5.32 Å². The first-order valence-electron chi connectivity index (χ1n) is 6.29. The van der Waals surface area contributed by atoms with Gasteiger partial charge in [0.15, 0.2) is 0 Å². The van der Waals surface area contributed by atoms with Crippen molar-refractivity contribution in [1.82, 2.24) is 15.3 Å². The summed E-state index contributed by atoms with van der Waals surface area (Å²) in [6.45, 7) is 6.42. The third-order valence-electron chi connectivity index (χ3n) is 2.90. The van der Waals surface area contributed by atoms with Crippen LogP contribution in [-0.4, -0.2) is 22.4 Å². The second kappa shape index (κ2) is 5.21. The lowest BCUT2D eigenvalue weighted by molar-refractivity contribution is -0.123. The van der Waals surface area contributed by atoms with E-state index in [2.05, 4.69) is 27.4 Å². The van der Waals surface area contributed by atoms with Crippen molar-refractivity contribution in [2.45, 2.75) is 27.2 Å². The molecule has 0 radical (unpaired) electrons. The van der Waals surface area contributed by atoms with E-state index in [1.165, 1.54) is 5.56 Å². The van der Waals surface area contributed by atoms with Gasteiger partial charge in [0.2, 0.25) is 5.91 Å². The number of hydrogen-bond donors (Lipinski definition) is 2. The average molecular weight is 245 g/mol. The van der Waals surface area contributed by atoms with Gasteiger partial charge in [0.05, 0.1) is 11.0 Å². The molecule has 4 heteroatoms. The first-order valence-corrected chi connectivity index (χ1v) is 6.29. The number of fused-ring (bicyclic) bond motifs is 1. The fourth-order valence-corrected chi connectivity index (χ4v) is 1.87. The SMILES string of the molecule is Cc1nc2ccc(CCNC(=O)C(C)C)cc2[nH]1. The lowest BCUT2D eigenvalue weighted by Crippen LogP contribution is -2.29. The Balaban J connectivity index is 1.97. The number of aryl methyl sites for hydroxylation is 1. The molecule has 0 aliphatic carbocycles. The van der Waals surface area contributed by atoms with Crippen LogP contribution in [0.15, 0.2) is 18.2 Å². The van der Waals surface area contributed by atoms with Gasteiger partial charge in [-0.25, -0.2) is 4.98 Å². The number of aromatic amines is 1. The van der Waals surface area contributed by atoms with Gasteiger partial charge >= 0.3 is 0 Å². The Morgan fingerprint density at radius 2 is 2.22 bits per heavy atom. The molecule has 0 spiro atoms. The zero-order valence-corrected chi connectivity index (χ0v) is 11.1. The van der Waals surface area contributed by atoms with Gasteiger partial charge in [0, 0.05) is 12.5 Å². The van der Waals surface area contributed by atoms with Crippen LogP contribution in [0.4, 0.5) is 0 Å². The van der Waals surface area contributed by atoms with E-state index in [0.717, 1.165) is 23.3 Å². The maximum Gasteiger partial charge on any atom is 0.222 e. The molecule has 0 fully saturated rings. The minimum Gasteiger partial charge on any atom is -0.356 e. The highest BCUT2D eigenvalue weighted by molar-refractivity contribution is 5.78. The summed E-state index contributed by atoms with van der Waals surface area (Å²) in [6, 6.07) is 6.17. The monoisotopic (exact) mass is 245 g/mol. The van der Waals surface area contributed by atoms with Crippen LogP contribution >= 0.6 is 0 Å². The van der Waals surface area contributed by atoms with Crippen molar-refractivity contribution in [3.63, 3.8) is 0 Å². The van der Waals surface area contributed by atoms with E-state index in [-0.39, 0.29) is 11.8 Å². The van der Waals surface area contributed by atoms with Crippen molar-refractivity contribution < 1.29 is 4.79 Å². The number of aromatic nitrogens is 2. The maximum absolute atomic E-state index is 11.4. The minimum atomic E-state index is 0.0442. The molecule has 2 aromatic rings. The lowest BCUT2D eigenvalue weighted by Gasteiger charge is -2.07. The van der Waals surface area contributed by atoms with Crippen molar-refractivity contribution in [3.8, 4) is 0 Å². The zero-order valence-electron chi connectivity index (χ0n) is 11.1. The molecule has 0 unspecified atom stereocenters. The second-order valence-corrected chi connectivity index (χ2v) is 4.87. The summed E-state index contributed by atoms with van der Waals surface area (Å²) in [5.74, 6) is 1.08. The fourth-order valence-electron chi connectivity index (χ4n) is 1.87. The highest BCUT2D eigenvalue weighted by Crippen LogP contribution is 2.13. The summed E-state index contributed by atoms with van der Waals surface area (Å²) in [7, 11) is 0. The largest absolute Gasteiger partial charge is 0.356 e. The van der Waals surface area contributed by atoms with Gasteiger partial charge in [-0.05, 0) is 31.0 Å². The topological polar surface area (TPSA) is 57.8 Å². The van der Waals surface area contributed by atoms with Crippen LogP contribution in [0.5, 0.6) is 0 Å². The number of H-pyrrole nitrogens is 1. The summed E-state index contributed by atoms with van der Waals surface area (Å²) >= 11 is 0. The van der Waals surface area contributed by atoms with E-state index in [1.807, 2.05) is 26.8 Å². The summed E-state index contributed by atoms with van der Waals surface area (Å²) in [5.41, 5.74) is 3.25. The molecule has 0 atom stereocenters. The molecule has 0 bridgehead atoms. The highest BCUT2D eigenvalue weighted by Gasteiger charge is 2.06. The number of nitrogens with zero attached hydrogens (tertiary/aromatic N) is 1. The van der Waals surface area contributed by atoms with Gasteiger partial charge in [-0.2, -0.15) is 0 Å². The number of amides is 1. The molecule has 18 heavy (non-hydrogen) atoms. The third kappa shape index (κ3) is 2.88. The molecule has 2 rings (SSSR count). The quantitative estimate of drug-likeness (QED) is 0.867. The lowest BCUT2D eigenvalue weighted by atomic mass is 10.1. The summed E-state index contributed by atoms with van der Waals surface area (Å²) in [6.07, 6.45) is 0.840. The second-order valence-electron chi connectivity index (χ2n) is 4.87. The molecule has 2 N–H and O–H groups in total. The van der Waals surface area contributed by atoms with E-state index in [1.54, 1.807) is 0 Å². The summed E-state index contributed by atoms with van der Waals surface area (Å²) in [5, 5.41) is 2.92. The Bertz CT molecular complexity index is 557. The van der Waals surface area contributed by atoms with Gasteiger partial charge in [-0.3, -0.25) is 4.79 Å². The van der Waals surface area contributed by atoms with Crippen LogP contribution in [0.2, 0.25) is 0 Å². The molecule has 1 amide bonds. The Kier molecular flexibility index (Phi) is 3.65. The van der Waals surface area contributed by atoms with Crippen LogP contribution in [0.1, 0.15) is 25.2 Å².